The molecule has 0 aromatic rings. The molecule has 2 bridgehead atoms. The molecule has 0 radical (unpaired) electrons. The quantitative estimate of drug-likeness (QED) is 0.207. The van der Waals surface area contributed by atoms with E-state index in [0.717, 1.165) is 5.57 Å². The number of ether oxygens (including phenoxy) is 6. The Kier molecular flexibility index (Phi) is 13.1. The number of hydrogen-bond acceptors (Lipinski definition) is 14. The Bertz CT molecular complexity index is 1240. The van der Waals surface area contributed by atoms with E-state index in [1.165, 1.54) is 20.8 Å². The third-order valence-electron chi connectivity index (χ3n) is 11.9. The van der Waals surface area contributed by atoms with Gasteiger partial charge in [0.15, 0.2) is 18.7 Å². The number of rotatable bonds is 7. The van der Waals surface area contributed by atoms with Gasteiger partial charge in [0.25, 0.3) is 0 Å². The molecule has 4 rings (SSSR count). The van der Waals surface area contributed by atoms with Crippen molar-refractivity contribution in [2.75, 3.05) is 13.6 Å². The van der Waals surface area contributed by atoms with Gasteiger partial charge in [0, 0.05) is 30.7 Å². The van der Waals surface area contributed by atoms with Crippen LogP contribution in [0, 0.1) is 17.8 Å². The molecule has 51 heavy (non-hydrogen) atoms. The first-order valence-corrected chi connectivity index (χ1v) is 18.5. The van der Waals surface area contributed by atoms with Gasteiger partial charge in [-0.3, -0.25) is 4.79 Å². The van der Waals surface area contributed by atoms with Gasteiger partial charge in [-0.2, -0.15) is 0 Å². The number of aliphatic hydroxyl groups excluding tert-OH is 4. The number of cyclic esters (lactones) is 1. The second-order valence-corrected chi connectivity index (χ2v) is 16.6. The van der Waals surface area contributed by atoms with Crippen molar-refractivity contribution in [3.05, 3.63) is 11.3 Å². The molecule has 14 heteroatoms. The molecule has 0 aliphatic carbocycles. The lowest BCUT2D eigenvalue weighted by atomic mass is 9.78. The number of carbonyl (C=O) groups excluding carboxylic acids is 1. The lowest BCUT2D eigenvalue weighted by Crippen LogP contribution is -2.60. The molecule has 0 spiro atoms. The van der Waals surface area contributed by atoms with E-state index in [2.05, 4.69) is 0 Å². The standard InChI is InChI=1S/C37H65NO13/c1-13-38(12)24-14-18(3)46-34(26(24)40)50-31-20(5)28(48-25-16-35(9,44)30(42)23(8)47-25)21(6)33(43)49-32(22(7)39)37(11,45)29(41)19(4)27-17(2)15-36(31,10)51-27/h18-26,28-32,34,39-42,44-45H,13-16H2,1-12H3. The monoisotopic (exact) mass is 731 g/mol. The molecule has 4 aliphatic heterocycles. The highest BCUT2D eigenvalue weighted by Gasteiger charge is 2.56. The van der Waals surface area contributed by atoms with E-state index in [0.29, 0.717) is 25.1 Å². The van der Waals surface area contributed by atoms with Gasteiger partial charge < -0.3 is 64.0 Å². The van der Waals surface area contributed by atoms with Crippen LogP contribution in [0.4, 0.5) is 0 Å². The number of nitrogens with zero attached hydrogens (tertiary/aromatic N) is 1. The van der Waals surface area contributed by atoms with Crippen molar-refractivity contribution >= 4 is 5.97 Å². The molecule has 18 atom stereocenters. The van der Waals surface area contributed by atoms with E-state index in [9.17, 15) is 35.4 Å². The zero-order valence-corrected chi connectivity index (χ0v) is 32.5. The number of carbonyl (C=O) groups is 1. The summed E-state index contributed by atoms with van der Waals surface area (Å²) >= 11 is 0. The normalized spacial score (nSPS) is 49.4. The Hall–Kier alpha value is -1.43. The predicted molar refractivity (Wildman–Crippen MR) is 185 cm³/mol. The van der Waals surface area contributed by atoms with Crippen molar-refractivity contribution < 1.29 is 63.9 Å². The Morgan fingerprint density at radius 2 is 1.61 bits per heavy atom. The first kappa shape index (κ1) is 42.3. The molecule has 6 N–H and O–H groups in total. The van der Waals surface area contributed by atoms with E-state index in [1.54, 1.807) is 20.8 Å². The number of esters is 1. The lowest BCUT2D eigenvalue weighted by Gasteiger charge is -2.48. The van der Waals surface area contributed by atoms with Crippen molar-refractivity contribution in [2.24, 2.45) is 17.8 Å². The summed E-state index contributed by atoms with van der Waals surface area (Å²) in [5.74, 6) is -3.02. The first-order chi connectivity index (χ1) is 23.5. The van der Waals surface area contributed by atoms with Crippen molar-refractivity contribution in [3.63, 3.8) is 0 Å². The summed E-state index contributed by atoms with van der Waals surface area (Å²) in [6.07, 6.45) is -11.1. The molecule has 0 aromatic carbocycles. The molecular formula is C37H65NO13. The minimum atomic E-state index is -2.11. The van der Waals surface area contributed by atoms with Gasteiger partial charge in [-0.15, -0.1) is 0 Å². The van der Waals surface area contributed by atoms with Gasteiger partial charge >= 0.3 is 5.97 Å². The number of likely N-dealkylation sites (N-methyl/N-ethyl adjacent to an activating group) is 1. The van der Waals surface area contributed by atoms with E-state index in [4.69, 9.17) is 28.4 Å². The fourth-order valence-corrected chi connectivity index (χ4v) is 8.75. The molecule has 14 nitrogen and oxygen atoms in total. The molecule has 3 saturated heterocycles. The molecule has 4 aliphatic rings. The van der Waals surface area contributed by atoms with Crippen LogP contribution in [0.15, 0.2) is 11.3 Å². The second kappa shape index (κ2) is 15.7. The van der Waals surface area contributed by atoms with Crippen molar-refractivity contribution in [2.45, 2.75) is 186 Å². The van der Waals surface area contributed by atoms with E-state index < -0.39 is 102 Å². The van der Waals surface area contributed by atoms with Gasteiger partial charge in [0.05, 0.1) is 42.0 Å². The molecule has 3 fully saturated rings. The molecular weight excluding hydrogens is 666 g/mol. The van der Waals surface area contributed by atoms with Crippen molar-refractivity contribution in [3.8, 4) is 0 Å². The number of fused-ring (bicyclic) bond motifs is 2. The molecule has 18 unspecified atom stereocenters. The summed E-state index contributed by atoms with van der Waals surface area (Å²) in [7, 11) is 1.93. The zero-order chi connectivity index (χ0) is 38.5. The molecule has 4 heterocycles. The Morgan fingerprint density at radius 3 is 2.18 bits per heavy atom. The minimum Gasteiger partial charge on any atom is -0.489 e. The van der Waals surface area contributed by atoms with Crippen LogP contribution >= 0.6 is 0 Å². The summed E-state index contributed by atoms with van der Waals surface area (Å²) in [5, 5.41) is 67.5. The smallest absolute Gasteiger partial charge is 0.311 e. The third-order valence-corrected chi connectivity index (χ3v) is 11.9. The highest BCUT2D eigenvalue weighted by molar-refractivity contribution is 5.73. The van der Waals surface area contributed by atoms with Crippen LogP contribution in [0.3, 0.4) is 0 Å². The summed E-state index contributed by atoms with van der Waals surface area (Å²) in [6.45, 7) is 19.2. The van der Waals surface area contributed by atoms with Crippen LogP contribution in [0.1, 0.15) is 95.4 Å². The predicted octanol–water partition coefficient (Wildman–Crippen LogP) is 1.60. The fourth-order valence-electron chi connectivity index (χ4n) is 8.75. The molecule has 296 valence electrons. The Balaban J connectivity index is 1.85. The first-order valence-electron chi connectivity index (χ1n) is 18.5. The van der Waals surface area contributed by atoms with Gasteiger partial charge in [-0.25, -0.2) is 0 Å². The van der Waals surface area contributed by atoms with Gasteiger partial charge in [-0.05, 0) is 81.0 Å². The van der Waals surface area contributed by atoms with E-state index in [1.807, 2.05) is 46.6 Å². The third kappa shape index (κ3) is 8.46. The summed E-state index contributed by atoms with van der Waals surface area (Å²) < 4.78 is 38.3. The van der Waals surface area contributed by atoms with Crippen LogP contribution in [-0.4, -0.2) is 145 Å². The van der Waals surface area contributed by atoms with E-state index >= 15 is 0 Å². The average Bonchev–Trinajstić information content (AvgIpc) is 3.36. The van der Waals surface area contributed by atoms with Crippen LogP contribution in [0.25, 0.3) is 0 Å². The topological polar surface area (TPSA) is 197 Å². The van der Waals surface area contributed by atoms with Crippen molar-refractivity contribution in [1.82, 2.24) is 4.90 Å². The number of hydrogen-bond donors (Lipinski definition) is 6. The maximum absolute atomic E-state index is 14.1. The molecule has 0 amide bonds. The lowest BCUT2D eigenvalue weighted by molar-refractivity contribution is -0.315. The zero-order valence-electron chi connectivity index (χ0n) is 32.5. The van der Waals surface area contributed by atoms with E-state index in [-0.39, 0.29) is 18.6 Å². The maximum Gasteiger partial charge on any atom is 0.311 e. The van der Waals surface area contributed by atoms with Gasteiger partial charge in [0.1, 0.15) is 35.3 Å². The van der Waals surface area contributed by atoms with Gasteiger partial charge in [0.2, 0.25) is 0 Å². The molecule has 0 aromatic heterocycles. The van der Waals surface area contributed by atoms with Crippen LogP contribution < -0.4 is 0 Å². The SMILES string of the molecule is CCN(C)C1CC(C)OC(OC2C(C)C(OC3CC(C)(O)C(O)C(C)O3)C(C)C(=O)OC(C(C)O)C(C)(O)C(O)C(C)C3=C(C)CC2(C)O3)C1O. The molecule has 0 saturated carbocycles. The number of aliphatic hydroxyl groups is 6. The van der Waals surface area contributed by atoms with Crippen LogP contribution in [-0.2, 0) is 33.2 Å². The van der Waals surface area contributed by atoms with Crippen LogP contribution in [0.2, 0.25) is 0 Å². The van der Waals surface area contributed by atoms with Crippen LogP contribution in [0.5, 0.6) is 0 Å². The van der Waals surface area contributed by atoms with Gasteiger partial charge in [-0.1, -0.05) is 20.8 Å². The minimum absolute atomic E-state index is 0.116. The Labute approximate surface area is 303 Å². The largest absolute Gasteiger partial charge is 0.489 e. The maximum atomic E-state index is 14.1. The summed E-state index contributed by atoms with van der Waals surface area (Å²) in [4.78, 5) is 16.1. The Morgan fingerprint density at radius 1 is 0.980 bits per heavy atom. The second-order valence-electron chi connectivity index (χ2n) is 16.6. The fraction of sp³-hybridized carbons (Fsp3) is 0.919. The van der Waals surface area contributed by atoms with Crippen molar-refractivity contribution in [1.29, 1.82) is 0 Å². The summed E-state index contributed by atoms with van der Waals surface area (Å²) in [5.41, 5.74) is -4.04. The summed E-state index contributed by atoms with van der Waals surface area (Å²) in [6, 6.07) is -0.261. The average molecular weight is 732 g/mol. The highest BCUT2D eigenvalue weighted by Crippen LogP contribution is 2.47. The highest BCUT2D eigenvalue weighted by atomic mass is 16.7.